The van der Waals surface area contributed by atoms with E-state index in [1.54, 1.807) is 37.4 Å². The first-order valence-electron chi connectivity index (χ1n) is 9.55. The average Bonchev–Trinajstić information content (AvgIpc) is 3.21. The van der Waals surface area contributed by atoms with E-state index in [1.165, 1.54) is 36.5 Å². The Morgan fingerprint density at radius 3 is 2.34 bits per heavy atom. The Kier molecular flexibility index (Phi) is 5.82. The second-order valence-electron chi connectivity index (χ2n) is 7.08. The summed E-state index contributed by atoms with van der Waals surface area (Å²) in [4.78, 5) is 21.2. The van der Waals surface area contributed by atoms with Crippen molar-refractivity contribution in [3.8, 4) is 11.3 Å². The van der Waals surface area contributed by atoms with Gasteiger partial charge in [0.05, 0.1) is 16.8 Å². The number of carbonyl (C=O) groups excluding carboxylic acids is 1. The van der Waals surface area contributed by atoms with Crippen LogP contribution in [-0.2, 0) is 10.0 Å². The molecule has 0 saturated heterocycles. The Morgan fingerprint density at radius 2 is 1.72 bits per heavy atom. The Bertz CT molecular complexity index is 1400. The molecule has 0 amide bonds. The number of aromatic nitrogens is 2. The molecule has 0 unspecified atom stereocenters. The molecule has 0 bridgehead atoms. The lowest BCUT2D eigenvalue weighted by molar-refractivity contribution is 0.103. The van der Waals surface area contributed by atoms with Crippen LogP contribution in [-0.4, -0.2) is 24.2 Å². The molecule has 162 valence electrons. The molecule has 4 rings (SSSR count). The molecule has 0 saturated carbocycles. The quantitative estimate of drug-likeness (QED) is 0.398. The van der Waals surface area contributed by atoms with Gasteiger partial charge in [-0.1, -0.05) is 11.6 Å². The standard InChI is InChI=1S/C23H18ClN3O4S/c1-14-3-4-17(12-25-14)23(28)20-11-18(24)7-10-21(20)27-32(29,30)19-8-5-16(6-9-19)22-13-26-15(2)31-22/h3-13,27H,1-2H3. The first-order valence-corrected chi connectivity index (χ1v) is 11.4. The molecule has 2 heterocycles. The van der Waals surface area contributed by atoms with Crippen molar-refractivity contribution in [3.63, 3.8) is 0 Å². The molecular formula is C23H18ClN3O4S. The van der Waals surface area contributed by atoms with Crippen LogP contribution in [0.4, 0.5) is 5.69 Å². The smallest absolute Gasteiger partial charge is 0.261 e. The number of pyridine rings is 1. The molecule has 0 fully saturated rings. The van der Waals surface area contributed by atoms with Crippen molar-refractivity contribution < 1.29 is 17.6 Å². The Labute approximate surface area is 190 Å². The molecule has 0 radical (unpaired) electrons. The molecule has 0 aliphatic rings. The van der Waals surface area contributed by atoms with Crippen molar-refractivity contribution in [3.05, 3.63) is 94.7 Å². The summed E-state index contributed by atoms with van der Waals surface area (Å²) in [6, 6.07) is 13.9. The van der Waals surface area contributed by atoms with E-state index in [9.17, 15) is 13.2 Å². The minimum Gasteiger partial charge on any atom is -0.441 e. The molecule has 7 nitrogen and oxygen atoms in total. The van der Waals surface area contributed by atoms with Crippen molar-refractivity contribution >= 4 is 33.1 Å². The third-order valence-electron chi connectivity index (χ3n) is 4.71. The van der Waals surface area contributed by atoms with Crippen molar-refractivity contribution in [2.45, 2.75) is 18.7 Å². The van der Waals surface area contributed by atoms with E-state index in [2.05, 4.69) is 14.7 Å². The summed E-state index contributed by atoms with van der Waals surface area (Å²) in [6.07, 6.45) is 3.02. The summed E-state index contributed by atoms with van der Waals surface area (Å²) in [5.41, 5.74) is 2.02. The number of hydrogen-bond donors (Lipinski definition) is 1. The molecule has 4 aromatic rings. The highest BCUT2D eigenvalue weighted by atomic mass is 35.5. The van der Waals surface area contributed by atoms with Gasteiger partial charge in [-0.25, -0.2) is 13.4 Å². The highest BCUT2D eigenvalue weighted by Crippen LogP contribution is 2.27. The average molecular weight is 468 g/mol. The third kappa shape index (κ3) is 4.56. The number of anilines is 1. The number of rotatable bonds is 6. The number of aryl methyl sites for hydroxylation is 2. The van der Waals surface area contributed by atoms with Crippen LogP contribution in [0.3, 0.4) is 0 Å². The lowest BCUT2D eigenvalue weighted by atomic mass is 10.0. The molecule has 2 aromatic carbocycles. The summed E-state index contributed by atoms with van der Waals surface area (Å²) < 4.78 is 33.9. The Hall–Kier alpha value is -3.49. The number of nitrogens with one attached hydrogen (secondary N) is 1. The molecular weight excluding hydrogens is 450 g/mol. The summed E-state index contributed by atoms with van der Waals surface area (Å²) in [5.74, 6) is 0.660. The normalized spacial score (nSPS) is 11.3. The van der Waals surface area contributed by atoms with Crippen molar-refractivity contribution in [1.82, 2.24) is 9.97 Å². The van der Waals surface area contributed by atoms with E-state index in [1.807, 2.05) is 6.92 Å². The number of hydrogen-bond acceptors (Lipinski definition) is 6. The van der Waals surface area contributed by atoms with Crippen LogP contribution in [0.15, 0.2) is 76.3 Å². The Balaban J connectivity index is 1.64. The zero-order valence-corrected chi connectivity index (χ0v) is 18.7. The van der Waals surface area contributed by atoms with E-state index in [0.717, 1.165) is 5.69 Å². The van der Waals surface area contributed by atoms with Gasteiger partial charge in [0.15, 0.2) is 17.4 Å². The second kappa shape index (κ2) is 8.57. The van der Waals surface area contributed by atoms with Crippen LogP contribution in [0.25, 0.3) is 11.3 Å². The van der Waals surface area contributed by atoms with Crippen molar-refractivity contribution in [2.24, 2.45) is 0 Å². The van der Waals surface area contributed by atoms with Crippen LogP contribution >= 0.6 is 11.6 Å². The summed E-state index contributed by atoms with van der Waals surface area (Å²) in [5, 5.41) is 0.308. The minimum absolute atomic E-state index is 0.0304. The SMILES string of the molecule is Cc1ccc(C(=O)c2cc(Cl)ccc2NS(=O)(=O)c2ccc(-c3cnc(C)o3)cc2)cn1. The van der Waals surface area contributed by atoms with Gasteiger partial charge in [0.2, 0.25) is 0 Å². The van der Waals surface area contributed by atoms with E-state index >= 15 is 0 Å². The predicted molar refractivity (Wildman–Crippen MR) is 121 cm³/mol. The number of carbonyl (C=O) groups is 1. The molecule has 0 atom stereocenters. The topological polar surface area (TPSA) is 102 Å². The van der Waals surface area contributed by atoms with Gasteiger partial charge in [0.1, 0.15) is 0 Å². The third-order valence-corrected chi connectivity index (χ3v) is 6.33. The monoisotopic (exact) mass is 467 g/mol. The van der Waals surface area contributed by atoms with Crippen LogP contribution in [0.5, 0.6) is 0 Å². The predicted octanol–water partition coefficient (Wildman–Crippen LogP) is 5.04. The number of benzene rings is 2. The maximum Gasteiger partial charge on any atom is 0.261 e. The first kappa shape index (κ1) is 21.7. The van der Waals surface area contributed by atoms with E-state index in [0.29, 0.717) is 27.8 Å². The minimum atomic E-state index is -3.97. The largest absolute Gasteiger partial charge is 0.441 e. The van der Waals surface area contributed by atoms with E-state index < -0.39 is 15.8 Å². The second-order valence-corrected chi connectivity index (χ2v) is 9.20. The van der Waals surface area contributed by atoms with Crippen LogP contribution < -0.4 is 4.72 Å². The van der Waals surface area contributed by atoms with Crippen LogP contribution in [0.1, 0.15) is 27.5 Å². The molecule has 1 N–H and O–H groups in total. The maximum atomic E-state index is 13.0. The van der Waals surface area contributed by atoms with Crippen LogP contribution in [0.2, 0.25) is 5.02 Å². The molecule has 0 aliphatic carbocycles. The fraction of sp³-hybridized carbons (Fsp3) is 0.0870. The van der Waals surface area contributed by atoms with Crippen molar-refractivity contribution in [2.75, 3.05) is 4.72 Å². The molecule has 0 aliphatic heterocycles. The van der Waals surface area contributed by atoms with Crippen molar-refractivity contribution in [1.29, 1.82) is 0 Å². The summed E-state index contributed by atoms with van der Waals surface area (Å²) >= 11 is 6.08. The first-order chi connectivity index (χ1) is 15.2. The number of oxazole rings is 1. The number of sulfonamides is 1. The summed E-state index contributed by atoms with van der Waals surface area (Å²) in [6.45, 7) is 3.53. The lowest BCUT2D eigenvalue weighted by Crippen LogP contribution is -2.16. The zero-order chi connectivity index (χ0) is 22.9. The van der Waals surface area contributed by atoms with E-state index in [4.69, 9.17) is 16.0 Å². The maximum absolute atomic E-state index is 13.0. The molecule has 2 aromatic heterocycles. The highest BCUT2D eigenvalue weighted by Gasteiger charge is 2.21. The van der Waals surface area contributed by atoms with Gasteiger partial charge in [-0.15, -0.1) is 0 Å². The van der Waals surface area contributed by atoms with Gasteiger partial charge in [0, 0.05) is 40.5 Å². The van der Waals surface area contributed by atoms with Gasteiger partial charge in [-0.3, -0.25) is 14.5 Å². The fourth-order valence-corrected chi connectivity index (χ4v) is 4.30. The van der Waals surface area contributed by atoms with Gasteiger partial charge in [-0.2, -0.15) is 0 Å². The lowest BCUT2D eigenvalue weighted by Gasteiger charge is -2.13. The number of halogens is 1. The molecule has 0 spiro atoms. The van der Waals surface area contributed by atoms with E-state index in [-0.39, 0.29) is 16.1 Å². The fourth-order valence-electron chi connectivity index (χ4n) is 3.05. The van der Waals surface area contributed by atoms with Crippen LogP contribution in [0, 0.1) is 13.8 Å². The number of ketones is 1. The summed E-state index contributed by atoms with van der Waals surface area (Å²) in [7, 11) is -3.97. The van der Waals surface area contributed by atoms with Gasteiger partial charge in [0.25, 0.3) is 10.0 Å². The van der Waals surface area contributed by atoms with Gasteiger partial charge in [-0.05, 0) is 61.5 Å². The molecule has 9 heteroatoms. The number of nitrogens with zero attached hydrogens (tertiary/aromatic N) is 2. The molecule has 32 heavy (non-hydrogen) atoms. The van der Waals surface area contributed by atoms with Gasteiger partial charge < -0.3 is 4.42 Å². The zero-order valence-electron chi connectivity index (χ0n) is 17.2. The Morgan fingerprint density at radius 1 is 0.969 bits per heavy atom. The van der Waals surface area contributed by atoms with Gasteiger partial charge >= 0.3 is 0 Å². The highest BCUT2D eigenvalue weighted by molar-refractivity contribution is 7.92.